The standard InChI is InChI=1S/C27H27F3N4O3/c1-3-4-12-37-24-9-8-21(17-31-24)23-16-26(18-32-19(23)2,34-10-13-36-14-11-34)33-25(35)20-6-5-7-22(15-20)27(28,29)30/h1,5-9,15,17-18H,4,10-14,16H2,2H3,(H,33,35). The second-order valence-electron chi connectivity index (χ2n) is 8.74. The van der Waals surface area contributed by atoms with Gasteiger partial charge in [0.25, 0.3) is 5.91 Å². The van der Waals surface area contributed by atoms with E-state index in [1.54, 1.807) is 18.5 Å². The fraction of sp³-hybridized carbons (Fsp3) is 0.370. The van der Waals surface area contributed by atoms with Gasteiger partial charge in [-0.2, -0.15) is 13.2 Å². The summed E-state index contributed by atoms with van der Waals surface area (Å²) < 4.78 is 50.8. The first-order chi connectivity index (χ1) is 17.7. The molecule has 1 fully saturated rings. The summed E-state index contributed by atoms with van der Waals surface area (Å²) in [6.45, 7) is 4.16. The summed E-state index contributed by atoms with van der Waals surface area (Å²) in [5.74, 6) is 2.32. The lowest BCUT2D eigenvalue weighted by molar-refractivity contribution is -0.137. The molecule has 2 aromatic rings. The molecule has 1 unspecified atom stereocenters. The number of aliphatic imine (C=N–C) groups is 1. The maximum atomic E-state index is 13.3. The summed E-state index contributed by atoms with van der Waals surface area (Å²) >= 11 is 0. The zero-order valence-corrected chi connectivity index (χ0v) is 20.3. The van der Waals surface area contributed by atoms with Crippen molar-refractivity contribution in [2.45, 2.75) is 31.6 Å². The number of rotatable bonds is 7. The average Bonchev–Trinajstić information content (AvgIpc) is 2.90. The molecule has 0 spiro atoms. The van der Waals surface area contributed by atoms with Crippen molar-refractivity contribution >= 4 is 17.7 Å². The minimum atomic E-state index is -4.55. The van der Waals surface area contributed by atoms with Crippen molar-refractivity contribution in [3.63, 3.8) is 0 Å². The number of morpholine rings is 1. The average molecular weight is 513 g/mol. The Bertz CT molecular complexity index is 1230. The van der Waals surface area contributed by atoms with Crippen molar-refractivity contribution in [1.82, 2.24) is 15.2 Å². The molecule has 37 heavy (non-hydrogen) atoms. The van der Waals surface area contributed by atoms with Crippen molar-refractivity contribution in [2.75, 3.05) is 32.9 Å². The molecule has 3 heterocycles. The van der Waals surface area contributed by atoms with Gasteiger partial charge in [0.15, 0.2) is 0 Å². The van der Waals surface area contributed by atoms with Crippen LogP contribution in [0.2, 0.25) is 0 Å². The first kappa shape index (κ1) is 26.4. The van der Waals surface area contributed by atoms with Crippen LogP contribution in [0.25, 0.3) is 5.57 Å². The molecule has 1 saturated heterocycles. The number of benzene rings is 1. The maximum absolute atomic E-state index is 13.3. The third-order valence-corrected chi connectivity index (χ3v) is 6.29. The lowest BCUT2D eigenvalue weighted by Gasteiger charge is -2.45. The number of carbonyl (C=O) groups excluding carboxylic acids is 1. The minimum absolute atomic E-state index is 0.0844. The molecular formula is C27H27F3N4O3. The highest BCUT2D eigenvalue weighted by Crippen LogP contribution is 2.35. The van der Waals surface area contributed by atoms with Gasteiger partial charge >= 0.3 is 6.18 Å². The Labute approximate surface area is 213 Å². The number of terminal acetylenes is 1. The summed E-state index contributed by atoms with van der Waals surface area (Å²) in [6.07, 6.45) is 4.84. The molecule has 2 aliphatic heterocycles. The Morgan fingerprint density at radius 3 is 2.73 bits per heavy atom. The van der Waals surface area contributed by atoms with Crippen molar-refractivity contribution in [2.24, 2.45) is 4.99 Å². The van der Waals surface area contributed by atoms with E-state index >= 15 is 0 Å². The van der Waals surface area contributed by atoms with Crippen molar-refractivity contribution in [3.8, 4) is 18.2 Å². The number of allylic oxidation sites excluding steroid dienone is 1. The van der Waals surface area contributed by atoms with E-state index in [2.05, 4.69) is 21.2 Å². The van der Waals surface area contributed by atoms with E-state index in [0.29, 0.717) is 51.6 Å². The van der Waals surface area contributed by atoms with E-state index in [1.165, 1.54) is 12.1 Å². The maximum Gasteiger partial charge on any atom is 0.416 e. The highest BCUT2D eigenvalue weighted by molar-refractivity contribution is 5.98. The zero-order chi connectivity index (χ0) is 26.5. The Balaban J connectivity index is 1.62. The van der Waals surface area contributed by atoms with Crippen LogP contribution < -0.4 is 10.1 Å². The number of halogens is 3. The Morgan fingerprint density at radius 2 is 2.05 bits per heavy atom. The SMILES string of the molecule is C#CCCOc1ccc(C2=C(C)N=CC(NC(=O)c3cccc(C(F)(F)F)c3)(N3CCOCC3)C2)cn1. The van der Waals surface area contributed by atoms with Gasteiger partial charge in [-0.1, -0.05) is 6.07 Å². The van der Waals surface area contributed by atoms with E-state index in [4.69, 9.17) is 15.9 Å². The Morgan fingerprint density at radius 1 is 1.27 bits per heavy atom. The van der Waals surface area contributed by atoms with Crippen LogP contribution in [0.3, 0.4) is 0 Å². The number of nitrogens with zero attached hydrogens (tertiary/aromatic N) is 3. The summed E-state index contributed by atoms with van der Waals surface area (Å²) in [6, 6.07) is 7.98. The first-order valence-electron chi connectivity index (χ1n) is 11.8. The van der Waals surface area contributed by atoms with Crippen molar-refractivity contribution in [3.05, 3.63) is 65.0 Å². The summed E-state index contributed by atoms with van der Waals surface area (Å²) in [4.78, 5) is 24.3. The molecule has 4 rings (SSSR count). The van der Waals surface area contributed by atoms with Gasteiger partial charge < -0.3 is 14.8 Å². The number of carbonyl (C=O) groups is 1. The Kier molecular flexibility index (Phi) is 7.95. The Hall–Kier alpha value is -3.68. The lowest BCUT2D eigenvalue weighted by atomic mass is 9.90. The number of alkyl halides is 3. The lowest BCUT2D eigenvalue weighted by Crippen LogP contribution is -2.65. The van der Waals surface area contributed by atoms with Crippen LogP contribution in [0.15, 0.2) is 53.3 Å². The second-order valence-corrected chi connectivity index (χ2v) is 8.74. The quantitative estimate of drug-likeness (QED) is 0.445. The highest BCUT2D eigenvalue weighted by atomic mass is 19.4. The molecule has 0 aliphatic carbocycles. The van der Waals surface area contributed by atoms with Crippen LogP contribution in [0.4, 0.5) is 13.2 Å². The van der Waals surface area contributed by atoms with Crippen LogP contribution in [-0.2, 0) is 10.9 Å². The fourth-order valence-electron chi connectivity index (χ4n) is 4.31. The van der Waals surface area contributed by atoms with Crippen LogP contribution >= 0.6 is 0 Å². The first-order valence-corrected chi connectivity index (χ1v) is 11.8. The van der Waals surface area contributed by atoms with Crippen LogP contribution in [0.5, 0.6) is 5.88 Å². The van der Waals surface area contributed by atoms with Gasteiger partial charge in [0, 0.05) is 55.7 Å². The number of hydrogen-bond donors (Lipinski definition) is 1. The molecule has 10 heteroatoms. The van der Waals surface area contributed by atoms with Gasteiger partial charge in [-0.15, -0.1) is 12.3 Å². The molecule has 2 aliphatic rings. The van der Waals surface area contributed by atoms with E-state index in [0.717, 1.165) is 29.0 Å². The molecule has 1 N–H and O–H groups in total. The molecule has 1 atom stereocenters. The normalized spacial score (nSPS) is 20.4. The largest absolute Gasteiger partial charge is 0.477 e. The van der Waals surface area contributed by atoms with Gasteiger partial charge in [0.1, 0.15) is 12.3 Å². The molecule has 1 amide bonds. The monoisotopic (exact) mass is 512 g/mol. The van der Waals surface area contributed by atoms with E-state index in [-0.39, 0.29) is 5.56 Å². The number of nitrogens with one attached hydrogen (secondary N) is 1. The third-order valence-electron chi connectivity index (χ3n) is 6.29. The summed E-state index contributed by atoms with van der Waals surface area (Å²) in [5.41, 5.74) is 0.362. The highest BCUT2D eigenvalue weighted by Gasteiger charge is 2.41. The summed E-state index contributed by atoms with van der Waals surface area (Å²) in [7, 11) is 0. The van der Waals surface area contributed by atoms with E-state index < -0.39 is 23.3 Å². The number of amides is 1. The molecular weight excluding hydrogens is 485 g/mol. The van der Waals surface area contributed by atoms with E-state index in [9.17, 15) is 18.0 Å². The second kappa shape index (κ2) is 11.2. The zero-order valence-electron chi connectivity index (χ0n) is 20.3. The number of pyridine rings is 1. The van der Waals surface area contributed by atoms with Gasteiger partial charge in [0.05, 0.1) is 18.8 Å². The third kappa shape index (κ3) is 6.18. The topological polar surface area (TPSA) is 76.0 Å². The number of aromatic nitrogens is 1. The van der Waals surface area contributed by atoms with E-state index in [1.807, 2.05) is 17.9 Å². The van der Waals surface area contributed by atoms with Gasteiger partial charge in [-0.3, -0.25) is 14.7 Å². The van der Waals surface area contributed by atoms with Crippen molar-refractivity contribution in [1.29, 1.82) is 0 Å². The van der Waals surface area contributed by atoms with Crippen LogP contribution in [-0.4, -0.2) is 60.6 Å². The molecule has 0 bridgehead atoms. The predicted octanol–water partition coefficient (Wildman–Crippen LogP) is 4.17. The van der Waals surface area contributed by atoms with Gasteiger partial charge in [-0.05, 0) is 42.3 Å². The fourth-order valence-corrected chi connectivity index (χ4v) is 4.31. The molecule has 0 saturated carbocycles. The molecule has 1 aromatic heterocycles. The smallest absolute Gasteiger partial charge is 0.416 e. The van der Waals surface area contributed by atoms with Gasteiger partial charge in [0.2, 0.25) is 5.88 Å². The van der Waals surface area contributed by atoms with Gasteiger partial charge in [-0.25, -0.2) is 4.98 Å². The van der Waals surface area contributed by atoms with Crippen LogP contribution in [0.1, 0.15) is 41.3 Å². The molecule has 0 radical (unpaired) electrons. The van der Waals surface area contributed by atoms with Crippen LogP contribution in [0, 0.1) is 12.3 Å². The molecule has 7 nitrogen and oxygen atoms in total. The molecule has 1 aromatic carbocycles. The number of hydrogen-bond acceptors (Lipinski definition) is 6. The minimum Gasteiger partial charge on any atom is -0.477 e. The predicted molar refractivity (Wildman–Crippen MR) is 133 cm³/mol. The van der Waals surface area contributed by atoms with Crippen molar-refractivity contribution < 1.29 is 27.4 Å². The summed E-state index contributed by atoms with van der Waals surface area (Å²) in [5, 5.41) is 2.98. The number of ether oxygens (including phenoxy) is 2. The molecule has 194 valence electrons.